The number of carboxylic acid groups (broad SMARTS) is 2. The summed E-state index contributed by atoms with van der Waals surface area (Å²) in [7, 11) is 0. The molecule has 3 aromatic rings. The molecule has 1 heterocycles. The molecule has 1 aliphatic rings. The van der Waals surface area contributed by atoms with Gasteiger partial charge in [-0.15, -0.1) is 0 Å². The van der Waals surface area contributed by atoms with Crippen molar-refractivity contribution in [3.8, 4) is 0 Å². The van der Waals surface area contributed by atoms with E-state index in [0.717, 1.165) is 17.2 Å². The lowest BCUT2D eigenvalue weighted by atomic mass is 9.90. The lowest BCUT2D eigenvalue weighted by Gasteiger charge is -2.37. The average molecular weight is 529 g/mol. The molecule has 0 atom stereocenters. The molecule has 0 bridgehead atoms. The van der Waals surface area contributed by atoms with Crippen LogP contribution in [0, 0.1) is 0 Å². The van der Waals surface area contributed by atoms with Gasteiger partial charge in [-0.05, 0) is 22.8 Å². The molecule has 1 amide bonds. The molecule has 0 saturated carbocycles. The van der Waals surface area contributed by atoms with E-state index in [1.165, 1.54) is 12.1 Å². The molecule has 0 aromatic heterocycles. The van der Waals surface area contributed by atoms with Gasteiger partial charge in [0.15, 0.2) is 0 Å². The minimum atomic E-state index is -4.37. The zero-order chi connectivity index (χ0) is 27.7. The fourth-order valence-corrected chi connectivity index (χ4v) is 4.25. The van der Waals surface area contributed by atoms with Crippen LogP contribution in [0.25, 0.3) is 0 Å². The van der Waals surface area contributed by atoms with E-state index in [1.54, 1.807) is 6.07 Å². The maximum atomic E-state index is 13.5. The number of aliphatic carboxylic acids is 2. The van der Waals surface area contributed by atoms with Crippen molar-refractivity contribution in [3.63, 3.8) is 0 Å². The molecule has 3 aromatic carbocycles. The molecule has 0 aliphatic carbocycles. The Labute approximate surface area is 217 Å². The second-order valence-electron chi connectivity index (χ2n) is 8.62. The fraction of sp³-hybridized carbons (Fsp3) is 0.250. The topological polar surface area (TPSA) is 98.2 Å². The smallest absolute Gasteiger partial charge is 0.416 e. The van der Waals surface area contributed by atoms with Crippen molar-refractivity contribution in [1.29, 1.82) is 0 Å². The summed E-state index contributed by atoms with van der Waals surface area (Å²) in [5.41, 5.74) is 1.55. The van der Waals surface area contributed by atoms with E-state index in [9.17, 15) is 18.0 Å². The normalized spacial score (nSPS) is 13.9. The first-order valence-corrected chi connectivity index (χ1v) is 11.8. The van der Waals surface area contributed by atoms with E-state index in [-0.39, 0.29) is 18.0 Å². The van der Waals surface area contributed by atoms with Crippen LogP contribution in [0.3, 0.4) is 0 Å². The Morgan fingerprint density at radius 2 is 1.16 bits per heavy atom. The van der Waals surface area contributed by atoms with E-state index < -0.39 is 29.6 Å². The molecule has 4 rings (SSSR count). The first-order valence-electron chi connectivity index (χ1n) is 11.8. The van der Waals surface area contributed by atoms with Crippen molar-refractivity contribution in [3.05, 3.63) is 107 Å². The summed E-state index contributed by atoms with van der Waals surface area (Å²) in [5, 5.41) is 14.8. The maximum absolute atomic E-state index is 13.5. The van der Waals surface area contributed by atoms with Crippen molar-refractivity contribution >= 4 is 17.8 Å². The molecule has 0 unspecified atom stereocenters. The zero-order valence-electron chi connectivity index (χ0n) is 20.3. The van der Waals surface area contributed by atoms with Crippen molar-refractivity contribution in [2.24, 2.45) is 0 Å². The van der Waals surface area contributed by atoms with Crippen LogP contribution in [0.1, 0.15) is 28.2 Å². The number of carbonyl (C=O) groups is 3. The summed E-state index contributed by atoms with van der Waals surface area (Å²) in [6.45, 7) is 2.27. The van der Waals surface area contributed by atoms with Gasteiger partial charge >= 0.3 is 18.1 Å². The average Bonchev–Trinajstić information content (AvgIpc) is 2.90. The van der Waals surface area contributed by atoms with Gasteiger partial charge in [0.25, 0.3) is 0 Å². The van der Waals surface area contributed by atoms with Gasteiger partial charge < -0.3 is 15.1 Å². The minimum absolute atomic E-state index is 0.0257. The molecule has 7 nitrogen and oxygen atoms in total. The van der Waals surface area contributed by atoms with E-state index in [4.69, 9.17) is 19.8 Å². The molecule has 200 valence electrons. The number of hydrogen-bond donors (Lipinski definition) is 2. The Morgan fingerprint density at radius 3 is 1.61 bits per heavy atom. The van der Waals surface area contributed by atoms with E-state index in [1.807, 2.05) is 70.5 Å². The molecular formula is C28H27F3N2O5. The van der Waals surface area contributed by atoms with Crippen LogP contribution in [-0.2, 0) is 27.1 Å². The van der Waals surface area contributed by atoms with Crippen molar-refractivity contribution in [1.82, 2.24) is 9.80 Å². The molecular weight excluding hydrogens is 501 g/mol. The highest BCUT2D eigenvalue weighted by Crippen LogP contribution is 2.33. The highest BCUT2D eigenvalue weighted by molar-refractivity contribution is 6.27. The highest BCUT2D eigenvalue weighted by atomic mass is 19.4. The van der Waals surface area contributed by atoms with E-state index >= 15 is 0 Å². The standard InChI is InChI=1S/C26H25F3N2O.C2H2O4/c27-26(28,29)23-14-8-7-13-22(23)19-30-15-17-31(18-16-30)25(32)24(20-9-3-1-4-10-20)21-11-5-2-6-12-21;3-1(4)2(5)6/h1-14,24H,15-19H2;(H,3,4)(H,5,6). The molecule has 0 radical (unpaired) electrons. The van der Waals surface area contributed by atoms with Crippen LogP contribution in [0.4, 0.5) is 13.2 Å². The quantitative estimate of drug-likeness (QED) is 0.479. The SMILES string of the molecule is O=C(C(c1ccccc1)c1ccccc1)N1CCN(Cc2ccccc2C(F)(F)F)CC1.O=C(O)C(=O)O. The van der Waals surface area contributed by atoms with Crippen LogP contribution in [0.2, 0.25) is 0 Å². The predicted molar refractivity (Wildman–Crippen MR) is 133 cm³/mol. The second-order valence-corrected chi connectivity index (χ2v) is 8.62. The van der Waals surface area contributed by atoms with Gasteiger partial charge in [-0.3, -0.25) is 9.69 Å². The molecule has 0 spiro atoms. The summed E-state index contributed by atoms with van der Waals surface area (Å²) in [4.78, 5) is 35.5. The number of carbonyl (C=O) groups excluding carboxylic acids is 1. The number of alkyl halides is 3. The Hall–Kier alpha value is -4.18. The van der Waals surface area contributed by atoms with Crippen LogP contribution < -0.4 is 0 Å². The van der Waals surface area contributed by atoms with Crippen molar-refractivity contribution < 1.29 is 37.8 Å². The van der Waals surface area contributed by atoms with Gasteiger partial charge in [0, 0.05) is 32.7 Å². The van der Waals surface area contributed by atoms with Gasteiger partial charge in [0.2, 0.25) is 5.91 Å². The number of benzene rings is 3. The second kappa shape index (κ2) is 12.9. The third-order valence-corrected chi connectivity index (χ3v) is 6.10. The van der Waals surface area contributed by atoms with Gasteiger partial charge in [-0.2, -0.15) is 13.2 Å². The van der Waals surface area contributed by atoms with Gasteiger partial charge in [-0.1, -0.05) is 78.9 Å². The summed E-state index contributed by atoms with van der Waals surface area (Å²) < 4.78 is 39.9. The predicted octanol–water partition coefficient (Wildman–Crippen LogP) is 4.34. The van der Waals surface area contributed by atoms with Crippen molar-refractivity contribution in [2.75, 3.05) is 26.2 Å². The zero-order valence-corrected chi connectivity index (χ0v) is 20.3. The largest absolute Gasteiger partial charge is 0.473 e. The third kappa shape index (κ3) is 7.66. The first-order chi connectivity index (χ1) is 18.1. The molecule has 1 fully saturated rings. The minimum Gasteiger partial charge on any atom is -0.473 e. The lowest BCUT2D eigenvalue weighted by molar-refractivity contribution is -0.159. The lowest BCUT2D eigenvalue weighted by Crippen LogP contribution is -2.49. The molecule has 2 N–H and O–H groups in total. The van der Waals surface area contributed by atoms with Crippen LogP contribution in [0.5, 0.6) is 0 Å². The summed E-state index contributed by atoms with van der Waals surface area (Å²) in [6, 6.07) is 25.1. The van der Waals surface area contributed by atoms with E-state index in [2.05, 4.69) is 0 Å². The molecule has 1 aliphatic heterocycles. The summed E-state index contributed by atoms with van der Waals surface area (Å²) in [6.07, 6.45) is -4.37. The number of nitrogens with zero attached hydrogens (tertiary/aromatic N) is 2. The first kappa shape index (κ1) is 28.4. The summed E-state index contributed by atoms with van der Waals surface area (Å²) in [5.74, 6) is -4.02. The van der Waals surface area contributed by atoms with Crippen molar-refractivity contribution in [2.45, 2.75) is 18.6 Å². The van der Waals surface area contributed by atoms with Crippen LogP contribution in [-0.4, -0.2) is 64.0 Å². The molecule has 38 heavy (non-hydrogen) atoms. The van der Waals surface area contributed by atoms with Crippen LogP contribution in [0.15, 0.2) is 84.9 Å². The van der Waals surface area contributed by atoms with Gasteiger partial charge in [0.05, 0.1) is 11.5 Å². The Bertz CT molecular complexity index is 1180. The third-order valence-electron chi connectivity index (χ3n) is 6.10. The monoisotopic (exact) mass is 528 g/mol. The maximum Gasteiger partial charge on any atom is 0.416 e. The Balaban J connectivity index is 0.000000599. The number of hydrogen-bond acceptors (Lipinski definition) is 4. The Morgan fingerprint density at radius 1 is 0.711 bits per heavy atom. The number of halogens is 3. The fourth-order valence-electron chi connectivity index (χ4n) is 4.25. The highest BCUT2D eigenvalue weighted by Gasteiger charge is 2.34. The number of rotatable bonds is 5. The van der Waals surface area contributed by atoms with E-state index in [0.29, 0.717) is 26.2 Å². The van der Waals surface area contributed by atoms with Crippen LogP contribution >= 0.6 is 0 Å². The number of amides is 1. The number of carboxylic acids is 2. The Kier molecular flexibility index (Phi) is 9.61. The van der Waals surface area contributed by atoms with Gasteiger partial charge in [-0.25, -0.2) is 9.59 Å². The summed E-state index contributed by atoms with van der Waals surface area (Å²) >= 11 is 0. The molecule has 1 saturated heterocycles. The number of piperazine rings is 1. The van der Waals surface area contributed by atoms with Gasteiger partial charge in [0.1, 0.15) is 0 Å². The molecule has 10 heteroatoms.